The van der Waals surface area contributed by atoms with Crippen molar-refractivity contribution >= 4 is 16.9 Å². The molecule has 1 atom stereocenters. The van der Waals surface area contributed by atoms with Crippen molar-refractivity contribution in [3.8, 4) is 0 Å². The van der Waals surface area contributed by atoms with E-state index < -0.39 is 0 Å². The average molecular weight is 301 g/mol. The second-order valence-corrected chi connectivity index (χ2v) is 5.92. The molecule has 0 aromatic carbocycles. The molecule has 1 amide bonds. The number of hydrogen-bond acceptors (Lipinski definition) is 4. The van der Waals surface area contributed by atoms with Gasteiger partial charge in [0.2, 0.25) is 5.91 Å². The van der Waals surface area contributed by atoms with Gasteiger partial charge in [0, 0.05) is 11.6 Å². The molecule has 1 unspecified atom stereocenters. The third-order valence-electron chi connectivity index (χ3n) is 4.42. The highest BCUT2D eigenvalue weighted by Gasteiger charge is 2.22. The lowest BCUT2D eigenvalue weighted by Gasteiger charge is -2.26. The van der Waals surface area contributed by atoms with Crippen molar-refractivity contribution in [3.63, 3.8) is 0 Å². The van der Waals surface area contributed by atoms with Gasteiger partial charge in [-0.1, -0.05) is 12.8 Å². The molecule has 1 aliphatic rings. The van der Waals surface area contributed by atoms with Crippen molar-refractivity contribution in [2.75, 3.05) is 13.1 Å². The summed E-state index contributed by atoms with van der Waals surface area (Å²) in [5.74, 6) is 0.0774. The van der Waals surface area contributed by atoms with Crippen molar-refractivity contribution < 1.29 is 4.79 Å². The van der Waals surface area contributed by atoms with Gasteiger partial charge in [0.15, 0.2) is 5.65 Å². The van der Waals surface area contributed by atoms with E-state index in [1.165, 1.54) is 25.7 Å². The Morgan fingerprint density at radius 1 is 1.36 bits per heavy atom. The van der Waals surface area contributed by atoms with Crippen LogP contribution in [0.5, 0.6) is 0 Å². The van der Waals surface area contributed by atoms with Gasteiger partial charge in [-0.15, -0.1) is 0 Å². The van der Waals surface area contributed by atoms with E-state index in [0.29, 0.717) is 12.2 Å². The third-order valence-corrected chi connectivity index (χ3v) is 4.42. The third kappa shape index (κ3) is 3.27. The topological polar surface area (TPSA) is 73.9 Å². The van der Waals surface area contributed by atoms with Crippen LogP contribution in [0.15, 0.2) is 18.3 Å². The van der Waals surface area contributed by atoms with Gasteiger partial charge in [0.25, 0.3) is 0 Å². The van der Waals surface area contributed by atoms with Crippen molar-refractivity contribution in [2.45, 2.75) is 45.2 Å². The molecule has 6 nitrogen and oxygen atoms in total. The Kier molecular flexibility index (Phi) is 4.68. The van der Waals surface area contributed by atoms with Gasteiger partial charge in [-0.3, -0.25) is 14.8 Å². The van der Waals surface area contributed by atoms with Crippen molar-refractivity contribution in [1.29, 1.82) is 0 Å². The SMILES string of the molecule is CC(C(=O)NCc1[nH]nc2ncccc12)N1CCCCCC1. The molecule has 0 saturated carbocycles. The van der Waals surface area contributed by atoms with E-state index in [9.17, 15) is 4.79 Å². The van der Waals surface area contributed by atoms with Gasteiger partial charge in [0.05, 0.1) is 18.3 Å². The summed E-state index contributed by atoms with van der Waals surface area (Å²) in [7, 11) is 0. The highest BCUT2D eigenvalue weighted by atomic mass is 16.2. The molecule has 0 bridgehead atoms. The summed E-state index contributed by atoms with van der Waals surface area (Å²) in [6, 6.07) is 3.76. The van der Waals surface area contributed by atoms with E-state index in [1.807, 2.05) is 19.1 Å². The number of hydrogen-bond donors (Lipinski definition) is 2. The molecular formula is C16H23N5O. The Bertz CT molecular complexity index is 630. The van der Waals surface area contributed by atoms with Crippen molar-refractivity contribution in [2.24, 2.45) is 0 Å². The van der Waals surface area contributed by atoms with Gasteiger partial charge in [-0.25, -0.2) is 4.98 Å². The summed E-state index contributed by atoms with van der Waals surface area (Å²) in [6.07, 6.45) is 6.64. The Labute approximate surface area is 130 Å². The number of nitrogens with one attached hydrogen (secondary N) is 2. The van der Waals surface area contributed by atoms with Gasteiger partial charge in [-0.05, 0) is 45.0 Å². The first-order chi connectivity index (χ1) is 10.8. The molecule has 0 spiro atoms. The molecule has 3 rings (SSSR count). The summed E-state index contributed by atoms with van der Waals surface area (Å²) < 4.78 is 0. The molecule has 1 saturated heterocycles. The molecule has 3 heterocycles. The van der Waals surface area contributed by atoms with Crippen LogP contribution in [0.2, 0.25) is 0 Å². The average Bonchev–Trinajstić information content (AvgIpc) is 2.77. The molecule has 2 aromatic heterocycles. The number of carbonyl (C=O) groups excluding carboxylic acids is 1. The van der Waals surface area contributed by atoms with Gasteiger partial charge < -0.3 is 5.32 Å². The van der Waals surface area contributed by atoms with Crippen molar-refractivity contribution in [3.05, 3.63) is 24.0 Å². The first kappa shape index (κ1) is 15.0. The van der Waals surface area contributed by atoms with Gasteiger partial charge >= 0.3 is 0 Å². The molecule has 118 valence electrons. The highest BCUT2D eigenvalue weighted by molar-refractivity contribution is 5.82. The van der Waals surface area contributed by atoms with E-state index >= 15 is 0 Å². The zero-order valence-corrected chi connectivity index (χ0v) is 13.0. The lowest BCUT2D eigenvalue weighted by molar-refractivity contribution is -0.126. The second-order valence-electron chi connectivity index (χ2n) is 5.92. The van der Waals surface area contributed by atoms with Crippen LogP contribution in [0.4, 0.5) is 0 Å². The minimum absolute atomic E-state index is 0.0774. The highest BCUT2D eigenvalue weighted by Crippen LogP contribution is 2.14. The minimum atomic E-state index is -0.0783. The maximum absolute atomic E-state index is 12.4. The first-order valence-corrected chi connectivity index (χ1v) is 8.05. The number of fused-ring (bicyclic) bond motifs is 1. The number of H-pyrrole nitrogens is 1. The van der Waals surface area contributed by atoms with E-state index in [0.717, 1.165) is 24.2 Å². The van der Waals surface area contributed by atoms with E-state index in [1.54, 1.807) is 6.20 Å². The summed E-state index contributed by atoms with van der Waals surface area (Å²) in [5, 5.41) is 11.1. The van der Waals surface area contributed by atoms with Crippen LogP contribution in [-0.4, -0.2) is 45.1 Å². The van der Waals surface area contributed by atoms with Crippen LogP contribution in [0, 0.1) is 0 Å². The zero-order valence-electron chi connectivity index (χ0n) is 13.0. The van der Waals surface area contributed by atoms with E-state index in [2.05, 4.69) is 25.4 Å². The van der Waals surface area contributed by atoms with E-state index in [4.69, 9.17) is 0 Å². The predicted molar refractivity (Wildman–Crippen MR) is 85.2 cm³/mol. The quantitative estimate of drug-likeness (QED) is 0.903. The largest absolute Gasteiger partial charge is 0.349 e. The van der Waals surface area contributed by atoms with Crippen molar-refractivity contribution in [1.82, 2.24) is 25.4 Å². The molecule has 1 fully saturated rings. The molecular weight excluding hydrogens is 278 g/mol. The number of nitrogens with zero attached hydrogens (tertiary/aromatic N) is 3. The monoisotopic (exact) mass is 301 g/mol. The van der Waals surface area contributed by atoms with Crippen LogP contribution in [0.25, 0.3) is 11.0 Å². The number of aromatic amines is 1. The summed E-state index contributed by atoms with van der Waals surface area (Å²) in [5.41, 5.74) is 1.59. The number of pyridine rings is 1. The predicted octanol–water partition coefficient (Wildman–Crippen LogP) is 1.84. The molecule has 1 aliphatic heterocycles. The fourth-order valence-corrected chi connectivity index (χ4v) is 3.01. The van der Waals surface area contributed by atoms with Crippen LogP contribution in [0.3, 0.4) is 0 Å². The summed E-state index contributed by atoms with van der Waals surface area (Å²) >= 11 is 0. The fraction of sp³-hybridized carbons (Fsp3) is 0.562. The maximum Gasteiger partial charge on any atom is 0.237 e. The summed E-state index contributed by atoms with van der Waals surface area (Å²) in [6.45, 7) is 4.49. The Morgan fingerprint density at radius 3 is 2.91 bits per heavy atom. The standard InChI is InChI=1S/C16H23N5O/c1-12(21-9-4-2-3-5-10-21)16(22)18-11-14-13-7-6-8-17-15(13)20-19-14/h6-8,12H,2-5,9-11H2,1H3,(H,18,22)(H,17,19,20). The van der Waals surface area contributed by atoms with Crippen LogP contribution in [0.1, 0.15) is 38.3 Å². The lowest BCUT2D eigenvalue weighted by atomic mass is 10.2. The normalized spacial score (nSPS) is 18.0. The summed E-state index contributed by atoms with van der Waals surface area (Å²) in [4.78, 5) is 18.9. The van der Waals surface area contributed by atoms with Crippen LogP contribution >= 0.6 is 0 Å². The maximum atomic E-state index is 12.4. The number of likely N-dealkylation sites (tertiary alicyclic amines) is 1. The Morgan fingerprint density at radius 2 is 2.14 bits per heavy atom. The molecule has 0 radical (unpaired) electrons. The first-order valence-electron chi connectivity index (χ1n) is 8.05. The second kappa shape index (κ2) is 6.87. The Balaban J connectivity index is 1.59. The number of amides is 1. The molecule has 2 aromatic rings. The molecule has 0 aliphatic carbocycles. The fourth-order valence-electron chi connectivity index (χ4n) is 3.01. The zero-order chi connectivity index (χ0) is 15.4. The van der Waals surface area contributed by atoms with Gasteiger partial charge in [0.1, 0.15) is 0 Å². The number of carbonyl (C=O) groups is 1. The lowest BCUT2D eigenvalue weighted by Crippen LogP contribution is -2.45. The minimum Gasteiger partial charge on any atom is -0.349 e. The van der Waals surface area contributed by atoms with Crippen LogP contribution < -0.4 is 5.32 Å². The number of aromatic nitrogens is 3. The molecule has 2 N–H and O–H groups in total. The Hall–Kier alpha value is -1.95. The smallest absolute Gasteiger partial charge is 0.237 e. The van der Waals surface area contributed by atoms with Crippen LogP contribution in [-0.2, 0) is 11.3 Å². The molecule has 22 heavy (non-hydrogen) atoms. The van der Waals surface area contributed by atoms with E-state index in [-0.39, 0.29) is 11.9 Å². The molecule has 6 heteroatoms. The van der Waals surface area contributed by atoms with Gasteiger partial charge in [-0.2, -0.15) is 5.10 Å². The number of rotatable bonds is 4.